The minimum Gasteiger partial charge on any atom is -0.467 e. The van der Waals surface area contributed by atoms with Crippen LogP contribution in [0, 0.1) is 0 Å². The quantitative estimate of drug-likeness (QED) is 0.855. The maximum absolute atomic E-state index is 5.62. The summed E-state index contributed by atoms with van der Waals surface area (Å²) in [5, 5.41) is 3.52. The van der Waals surface area contributed by atoms with Crippen molar-refractivity contribution in [1.29, 1.82) is 0 Å². The number of hydrogen-bond donors (Lipinski definition) is 1. The van der Waals surface area contributed by atoms with Gasteiger partial charge in [0.1, 0.15) is 11.5 Å². The molecule has 0 aromatic heterocycles. The summed E-state index contributed by atoms with van der Waals surface area (Å²) in [5.74, 6) is 1.85. The number of nitrogens with one attached hydrogen (secondary N) is 1. The number of rotatable bonds is 2. The molecule has 1 N–H and O–H groups in total. The first-order valence-electron chi connectivity index (χ1n) is 9.99. The van der Waals surface area contributed by atoms with E-state index in [1.54, 1.807) is 0 Å². The predicted molar refractivity (Wildman–Crippen MR) is 106 cm³/mol. The molecular formula is C23H25NO4. The zero-order valence-corrected chi connectivity index (χ0v) is 16.0. The highest BCUT2D eigenvalue weighted by Crippen LogP contribution is 2.37. The van der Waals surface area contributed by atoms with Gasteiger partial charge in [0.15, 0.2) is 13.6 Å². The molecule has 3 heterocycles. The molecule has 0 unspecified atom stereocenters. The normalized spacial score (nSPS) is 18.9. The number of fused-ring (bicyclic) bond motifs is 2. The Hall–Kier alpha value is -2.34. The van der Waals surface area contributed by atoms with E-state index >= 15 is 0 Å². The lowest BCUT2D eigenvalue weighted by Crippen LogP contribution is -2.13. The maximum atomic E-state index is 5.62. The van der Waals surface area contributed by atoms with Crippen LogP contribution in [0.5, 0.6) is 11.5 Å². The summed E-state index contributed by atoms with van der Waals surface area (Å²) in [5.41, 5.74) is 7.49. The van der Waals surface area contributed by atoms with Crippen molar-refractivity contribution in [3.8, 4) is 11.5 Å². The molecule has 0 radical (unpaired) electrons. The van der Waals surface area contributed by atoms with Gasteiger partial charge in [-0.1, -0.05) is 17.7 Å². The molecule has 3 aliphatic heterocycles. The van der Waals surface area contributed by atoms with Crippen molar-refractivity contribution in [3.63, 3.8) is 0 Å². The van der Waals surface area contributed by atoms with Crippen LogP contribution in [0.1, 0.15) is 41.5 Å². The first-order chi connectivity index (χ1) is 13.9. The smallest absolute Gasteiger partial charge is 0.189 e. The number of ether oxygens (including phenoxy) is 4. The molecular weight excluding hydrogens is 354 g/mol. The molecule has 1 fully saturated rings. The molecule has 0 spiro atoms. The minimum absolute atomic E-state index is 0.330. The first-order valence-corrected chi connectivity index (χ1v) is 9.99. The van der Waals surface area contributed by atoms with E-state index in [9.17, 15) is 0 Å². The second kappa shape index (κ2) is 7.95. The van der Waals surface area contributed by atoms with Crippen LogP contribution < -0.4 is 14.8 Å². The molecule has 5 rings (SSSR count). The average Bonchev–Trinajstić information content (AvgIpc) is 3.03. The van der Waals surface area contributed by atoms with E-state index in [0.717, 1.165) is 55.0 Å². The van der Waals surface area contributed by atoms with Gasteiger partial charge in [-0.3, -0.25) is 0 Å². The zero-order chi connectivity index (χ0) is 18.8. The standard InChI is InChI=1S/C23H25NO4/c1-2-16(7-9-24-8-1)23(17-3-5-21-19(10-17)12-25-14-27-21)18-4-6-22-20(11-18)13-26-15-28-22/h3-6,10-11,24H,1-2,7-9,12-15H2. The topological polar surface area (TPSA) is 49.0 Å². The van der Waals surface area contributed by atoms with E-state index in [0.29, 0.717) is 26.8 Å². The molecule has 5 heteroatoms. The highest BCUT2D eigenvalue weighted by Gasteiger charge is 2.19. The van der Waals surface area contributed by atoms with Gasteiger partial charge in [0.05, 0.1) is 13.2 Å². The third kappa shape index (κ3) is 3.53. The molecule has 1 saturated heterocycles. The fourth-order valence-corrected chi connectivity index (χ4v) is 4.23. The second-order valence-electron chi connectivity index (χ2n) is 7.45. The molecule has 5 nitrogen and oxygen atoms in total. The summed E-state index contributed by atoms with van der Waals surface area (Å²) < 4.78 is 22.2. The zero-order valence-electron chi connectivity index (χ0n) is 16.0. The van der Waals surface area contributed by atoms with Gasteiger partial charge >= 0.3 is 0 Å². The Balaban J connectivity index is 1.62. The largest absolute Gasteiger partial charge is 0.467 e. The lowest BCUT2D eigenvalue weighted by atomic mass is 9.88. The Morgan fingerprint density at radius 1 is 0.750 bits per heavy atom. The summed E-state index contributed by atoms with van der Waals surface area (Å²) >= 11 is 0. The van der Waals surface area contributed by atoms with E-state index in [1.807, 2.05) is 0 Å². The maximum Gasteiger partial charge on any atom is 0.189 e. The van der Waals surface area contributed by atoms with Crippen molar-refractivity contribution in [2.24, 2.45) is 0 Å². The molecule has 146 valence electrons. The lowest BCUT2D eigenvalue weighted by molar-refractivity contribution is -0.0164. The molecule has 0 amide bonds. The molecule has 0 saturated carbocycles. The minimum atomic E-state index is 0.330. The van der Waals surface area contributed by atoms with E-state index < -0.39 is 0 Å². The van der Waals surface area contributed by atoms with Gasteiger partial charge in [0.25, 0.3) is 0 Å². The van der Waals surface area contributed by atoms with Crippen molar-refractivity contribution >= 4 is 5.57 Å². The average molecular weight is 379 g/mol. The van der Waals surface area contributed by atoms with Crippen molar-refractivity contribution < 1.29 is 18.9 Å². The Morgan fingerprint density at radius 3 is 2.04 bits per heavy atom. The van der Waals surface area contributed by atoms with Crippen LogP contribution in [0.15, 0.2) is 42.0 Å². The van der Waals surface area contributed by atoms with Crippen LogP contribution in [0.2, 0.25) is 0 Å². The van der Waals surface area contributed by atoms with Crippen LogP contribution in [-0.4, -0.2) is 26.7 Å². The summed E-state index contributed by atoms with van der Waals surface area (Å²) in [6.45, 7) is 3.95. The Kier molecular flexibility index (Phi) is 5.04. The predicted octanol–water partition coefficient (Wildman–Crippen LogP) is 4.00. The third-order valence-electron chi connectivity index (χ3n) is 5.60. The summed E-state index contributed by atoms with van der Waals surface area (Å²) in [6.07, 6.45) is 3.33. The highest BCUT2D eigenvalue weighted by atomic mass is 16.7. The SMILES string of the molecule is c1cc2c(cc1C(=C1CCCNCC1)c1ccc3c(c1)COCO3)COCO2. The van der Waals surface area contributed by atoms with Crippen LogP contribution in [0.4, 0.5) is 0 Å². The van der Waals surface area contributed by atoms with Crippen LogP contribution >= 0.6 is 0 Å². The van der Waals surface area contributed by atoms with Crippen LogP contribution in [0.3, 0.4) is 0 Å². The second-order valence-corrected chi connectivity index (χ2v) is 7.45. The van der Waals surface area contributed by atoms with Gasteiger partial charge in [0, 0.05) is 11.1 Å². The monoisotopic (exact) mass is 379 g/mol. The van der Waals surface area contributed by atoms with Crippen LogP contribution in [0.25, 0.3) is 5.57 Å². The first kappa shape index (κ1) is 17.7. The number of hydrogen-bond acceptors (Lipinski definition) is 5. The van der Waals surface area contributed by atoms with Crippen molar-refractivity contribution in [2.45, 2.75) is 32.5 Å². The van der Waals surface area contributed by atoms with E-state index in [1.165, 1.54) is 22.3 Å². The Bertz CT molecular complexity index is 834. The highest BCUT2D eigenvalue weighted by molar-refractivity contribution is 5.83. The van der Waals surface area contributed by atoms with Gasteiger partial charge in [-0.05, 0) is 73.3 Å². The van der Waals surface area contributed by atoms with E-state index in [2.05, 4.69) is 41.7 Å². The lowest BCUT2D eigenvalue weighted by Gasteiger charge is -2.22. The van der Waals surface area contributed by atoms with Gasteiger partial charge in [-0.2, -0.15) is 0 Å². The molecule has 3 aliphatic rings. The van der Waals surface area contributed by atoms with Crippen molar-refractivity contribution in [2.75, 3.05) is 26.7 Å². The molecule has 2 aromatic carbocycles. The fraction of sp³-hybridized carbons (Fsp3) is 0.391. The van der Waals surface area contributed by atoms with Crippen LogP contribution in [-0.2, 0) is 22.7 Å². The molecule has 0 atom stereocenters. The molecule has 0 bridgehead atoms. The summed E-state index contributed by atoms with van der Waals surface area (Å²) in [6, 6.07) is 13.0. The number of benzene rings is 2. The van der Waals surface area contributed by atoms with E-state index in [4.69, 9.17) is 18.9 Å². The summed E-state index contributed by atoms with van der Waals surface area (Å²) in [4.78, 5) is 0. The van der Waals surface area contributed by atoms with Gasteiger partial charge < -0.3 is 24.3 Å². The third-order valence-corrected chi connectivity index (χ3v) is 5.60. The fourth-order valence-electron chi connectivity index (χ4n) is 4.23. The molecule has 2 aromatic rings. The Morgan fingerprint density at radius 2 is 1.39 bits per heavy atom. The van der Waals surface area contributed by atoms with Gasteiger partial charge in [-0.25, -0.2) is 0 Å². The van der Waals surface area contributed by atoms with E-state index in [-0.39, 0.29) is 0 Å². The van der Waals surface area contributed by atoms with Gasteiger partial charge in [-0.15, -0.1) is 0 Å². The van der Waals surface area contributed by atoms with Crippen molar-refractivity contribution in [3.05, 3.63) is 64.2 Å². The molecule has 0 aliphatic carbocycles. The molecule has 28 heavy (non-hydrogen) atoms. The Labute approximate surface area is 165 Å². The van der Waals surface area contributed by atoms with Crippen molar-refractivity contribution in [1.82, 2.24) is 5.32 Å². The van der Waals surface area contributed by atoms with Gasteiger partial charge in [0.2, 0.25) is 0 Å². The summed E-state index contributed by atoms with van der Waals surface area (Å²) in [7, 11) is 0.